The van der Waals surface area contributed by atoms with E-state index >= 15 is 0 Å². The van der Waals surface area contributed by atoms with Crippen LogP contribution in [0.15, 0.2) is 30.3 Å². The summed E-state index contributed by atoms with van der Waals surface area (Å²) in [6.45, 7) is 9.21. The van der Waals surface area contributed by atoms with E-state index in [1.165, 1.54) is 45.3 Å². The van der Waals surface area contributed by atoms with Gasteiger partial charge in [0.2, 0.25) is 0 Å². The van der Waals surface area contributed by atoms with E-state index < -0.39 is 6.10 Å². The molecule has 1 fully saturated rings. The van der Waals surface area contributed by atoms with E-state index in [1.54, 1.807) is 14.2 Å². The van der Waals surface area contributed by atoms with Gasteiger partial charge in [0.25, 0.3) is 0 Å². The number of methoxy groups -OCH3 is 1. The molecule has 172 valence electrons. The van der Waals surface area contributed by atoms with Gasteiger partial charge in [-0.2, -0.15) is 0 Å². The number of benzene rings is 1. The van der Waals surface area contributed by atoms with E-state index in [9.17, 15) is 5.11 Å². The highest BCUT2D eigenvalue weighted by atomic mass is 35.5. The highest BCUT2D eigenvalue weighted by Gasteiger charge is 2.20. The Bertz CT molecular complexity index is 457. The van der Waals surface area contributed by atoms with Crippen LogP contribution in [0.25, 0.3) is 0 Å². The SMILES string of the molecule is CC(C)CCC(NCCCN1CCCCC1)C(O)c1ccccc1.COC.Cl.Cl. The molecule has 0 bridgehead atoms. The van der Waals surface area contributed by atoms with Crippen LogP contribution in [-0.4, -0.2) is 56.4 Å². The predicted molar refractivity (Wildman–Crippen MR) is 130 cm³/mol. The zero-order valence-electron chi connectivity index (χ0n) is 18.8. The average molecular weight is 452 g/mol. The highest BCUT2D eigenvalue weighted by Crippen LogP contribution is 2.21. The minimum Gasteiger partial charge on any atom is -0.388 e. The van der Waals surface area contributed by atoms with Crippen molar-refractivity contribution in [3.05, 3.63) is 35.9 Å². The molecule has 1 saturated heterocycles. The minimum absolute atomic E-state index is 0. The molecule has 0 amide bonds. The normalized spacial score (nSPS) is 16.1. The van der Waals surface area contributed by atoms with E-state index in [4.69, 9.17) is 0 Å². The van der Waals surface area contributed by atoms with Crippen LogP contribution in [0.4, 0.5) is 0 Å². The molecule has 29 heavy (non-hydrogen) atoms. The van der Waals surface area contributed by atoms with Gasteiger partial charge in [0, 0.05) is 20.3 Å². The molecule has 0 spiro atoms. The Balaban J connectivity index is 0. The highest BCUT2D eigenvalue weighted by molar-refractivity contribution is 5.85. The van der Waals surface area contributed by atoms with Crippen LogP contribution >= 0.6 is 24.8 Å². The molecule has 1 aromatic carbocycles. The Labute approximate surface area is 191 Å². The van der Waals surface area contributed by atoms with E-state index in [0.717, 1.165) is 24.9 Å². The molecular formula is C23H44Cl2N2O2. The van der Waals surface area contributed by atoms with Gasteiger partial charge >= 0.3 is 0 Å². The quantitative estimate of drug-likeness (QED) is 0.486. The molecule has 0 aliphatic carbocycles. The van der Waals surface area contributed by atoms with Crippen LogP contribution in [0.5, 0.6) is 0 Å². The number of aliphatic hydroxyl groups excluding tert-OH is 1. The van der Waals surface area contributed by atoms with E-state index in [2.05, 4.69) is 28.8 Å². The number of nitrogens with one attached hydrogen (secondary N) is 1. The lowest BCUT2D eigenvalue weighted by Gasteiger charge is -2.28. The third-order valence-electron chi connectivity index (χ3n) is 5.08. The third-order valence-corrected chi connectivity index (χ3v) is 5.08. The molecule has 1 heterocycles. The van der Waals surface area contributed by atoms with Crippen molar-refractivity contribution in [2.24, 2.45) is 5.92 Å². The van der Waals surface area contributed by atoms with E-state index in [0.29, 0.717) is 5.92 Å². The Morgan fingerprint density at radius 1 is 1.00 bits per heavy atom. The number of aliphatic hydroxyl groups is 1. The van der Waals surface area contributed by atoms with Crippen molar-refractivity contribution >= 4 is 24.8 Å². The van der Waals surface area contributed by atoms with Crippen LogP contribution in [0, 0.1) is 5.92 Å². The van der Waals surface area contributed by atoms with Gasteiger partial charge in [-0.05, 0) is 69.8 Å². The summed E-state index contributed by atoms with van der Waals surface area (Å²) in [7, 11) is 3.25. The Kier molecular flexibility index (Phi) is 20.8. The van der Waals surface area contributed by atoms with Gasteiger partial charge in [-0.25, -0.2) is 0 Å². The Morgan fingerprint density at radius 2 is 1.59 bits per heavy atom. The molecule has 1 aromatic rings. The minimum atomic E-state index is -0.417. The van der Waals surface area contributed by atoms with Crippen molar-refractivity contribution in [3.63, 3.8) is 0 Å². The molecular weight excluding hydrogens is 407 g/mol. The first-order valence-electron chi connectivity index (χ1n) is 10.7. The lowest BCUT2D eigenvalue weighted by molar-refractivity contribution is 0.119. The Hall–Kier alpha value is -0.360. The second-order valence-corrected chi connectivity index (χ2v) is 8.05. The van der Waals surface area contributed by atoms with Gasteiger partial charge < -0.3 is 20.1 Å². The lowest BCUT2D eigenvalue weighted by Crippen LogP contribution is -2.38. The van der Waals surface area contributed by atoms with E-state index in [1.807, 2.05) is 30.3 Å². The molecule has 2 rings (SSSR count). The van der Waals surface area contributed by atoms with Gasteiger partial charge in [-0.3, -0.25) is 0 Å². The molecule has 2 atom stereocenters. The van der Waals surface area contributed by atoms with Crippen LogP contribution in [0.2, 0.25) is 0 Å². The van der Waals surface area contributed by atoms with Gasteiger partial charge in [-0.15, -0.1) is 24.8 Å². The summed E-state index contributed by atoms with van der Waals surface area (Å²) in [6.07, 6.45) is 7.04. The maximum absolute atomic E-state index is 10.8. The van der Waals surface area contributed by atoms with Crippen molar-refractivity contribution in [1.29, 1.82) is 0 Å². The van der Waals surface area contributed by atoms with Crippen LogP contribution in [0.3, 0.4) is 0 Å². The summed E-state index contributed by atoms with van der Waals surface area (Å²) in [6, 6.07) is 10.2. The lowest BCUT2D eigenvalue weighted by atomic mass is 9.95. The number of halogens is 2. The van der Waals surface area contributed by atoms with Crippen molar-refractivity contribution in [2.75, 3.05) is 40.4 Å². The first-order chi connectivity index (χ1) is 13.1. The summed E-state index contributed by atoms with van der Waals surface area (Å²) < 4.78 is 4.25. The number of hydrogen-bond acceptors (Lipinski definition) is 4. The van der Waals surface area contributed by atoms with Gasteiger partial charge in [0.05, 0.1) is 6.10 Å². The molecule has 0 radical (unpaired) electrons. The molecule has 2 unspecified atom stereocenters. The fourth-order valence-corrected chi connectivity index (χ4v) is 3.54. The molecule has 1 aliphatic rings. The smallest absolute Gasteiger partial charge is 0.0942 e. The number of rotatable bonds is 10. The molecule has 2 N–H and O–H groups in total. The molecule has 0 aromatic heterocycles. The van der Waals surface area contributed by atoms with Crippen molar-refractivity contribution < 1.29 is 9.84 Å². The maximum atomic E-state index is 10.8. The fraction of sp³-hybridized carbons (Fsp3) is 0.739. The number of ether oxygens (including phenoxy) is 1. The second-order valence-electron chi connectivity index (χ2n) is 8.05. The molecule has 1 aliphatic heterocycles. The van der Waals surface area contributed by atoms with E-state index in [-0.39, 0.29) is 30.9 Å². The van der Waals surface area contributed by atoms with Crippen molar-refractivity contribution in [2.45, 2.75) is 64.5 Å². The fourth-order valence-electron chi connectivity index (χ4n) is 3.54. The summed E-state index contributed by atoms with van der Waals surface area (Å²) in [5, 5.41) is 14.4. The first-order valence-corrected chi connectivity index (χ1v) is 10.7. The summed E-state index contributed by atoms with van der Waals surface area (Å²) in [5.41, 5.74) is 1.02. The number of piperidine rings is 1. The topological polar surface area (TPSA) is 44.7 Å². The van der Waals surface area contributed by atoms with Crippen LogP contribution in [0.1, 0.15) is 64.0 Å². The zero-order chi connectivity index (χ0) is 19.9. The first kappa shape index (κ1) is 30.8. The molecule has 0 saturated carbocycles. The number of likely N-dealkylation sites (tertiary alicyclic amines) is 1. The van der Waals surface area contributed by atoms with Gasteiger partial charge in [-0.1, -0.05) is 50.6 Å². The van der Waals surface area contributed by atoms with Crippen molar-refractivity contribution in [1.82, 2.24) is 10.2 Å². The Morgan fingerprint density at radius 3 is 2.14 bits per heavy atom. The van der Waals surface area contributed by atoms with Crippen LogP contribution in [-0.2, 0) is 4.74 Å². The number of nitrogens with zero attached hydrogens (tertiary/aromatic N) is 1. The maximum Gasteiger partial charge on any atom is 0.0942 e. The average Bonchev–Trinajstić information content (AvgIpc) is 2.69. The molecule has 4 nitrogen and oxygen atoms in total. The molecule has 6 heteroatoms. The summed E-state index contributed by atoms with van der Waals surface area (Å²) in [4.78, 5) is 2.59. The number of hydrogen-bond donors (Lipinski definition) is 2. The zero-order valence-corrected chi connectivity index (χ0v) is 20.4. The largest absolute Gasteiger partial charge is 0.388 e. The third kappa shape index (κ3) is 14.3. The monoisotopic (exact) mass is 450 g/mol. The van der Waals surface area contributed by atoms with Gasteiger partial charge in [0.1, 0.15) is 0 Å². The van der Waals surface area contributed by atoms with Gasteiger partial charge in [0.15, 0.2) is 0 Å². The summed E-state index contributed by atoms with van der Waals surface area (Å²) >= 11 is 0. The summed E-state index contributed by atoms with van der Waals surface area (Å²) in [5.74, 6) is 0.672. The predicted octanol–water partition coefficient (Wildman–Crippen LogP) is 5.10. The van der Waals surface area contributed by atoms with Crippen molar-refractivity contribution in [3.8, 4) is 0 Å². The second kappa shape index (κ2) is 19.6. The standard InChI is InChI=1S/C21H36N2O.C2H6O.2ClH/c1-18(2)12-13-20(21(24)19-10-5-3-6-11-19)22-14-9-17-23-15-7-4-8-16-23;1-3-2;;/h3,5-6,10-11,18,20-22,24H,4,7-9,12-17H2,1-2H3;1-2H3;2*1H. The van der Waals surface area contributed by atoms with Crippen LogP contribution < -0.4 is 5.32 Å².